The van der Waals surface area contributed by atoms with Gasteiger partial charge in [-0.25, -0.2) is 9.37 Å². The number of carbonyl (C=O) groups excluding carboxylic acids is 1. The molecule has 0 spiro atoms. The minimum Gasteiger partial charge on any atom is -0.326 e. The molecule has 6 nitrogen and oxygen atoms in total. The van der Waals surface area contributed by atoms with E-state index in [4.69, 9.17) is 4.98 Å². The molecule has 1 fully saturated rings. The third-order valence-electron chi connectivity index (χ3n) is 5.90. The van der Waals surface area contributed by atoms with Gasteiger partial charge < -0.3 is 5.32 Å². The number of hydrogen-bond donors (Lipinski definition) is 1. The fourth-order valence-electron chi connectivity index (χ4n) is 4.35. The number of imidazole rings is 1. The molecule has 4 aromatic rings. The van der Waals surface area contributed by atoms with Crippen molar-refractivity contribution in [2.24, 2.45) is 5.92 Å². The molecule has 0 saturated carbocycles. The fourth-order valence-corrected chi connectivity index (χ4v) is 4.35. The third-order valence-corrected chi connectivity index (χ3v) is 5.90. The number of fused-ring (bicyclic) bond motifs is 1. The number of piperidine rings is 1. The van der Waals surface area contributed by atoms with Crippen molar-refractivity contribution in [3.63, 3.8) is 0 Å². The number of rotatable bonds is 5. The van der Waals surface area contributed by atoms with Gasteiger partial charge in [0, 0.05) is 30.3 Å². The summed E-state index contributed by atoms with van der Waals surface area (Å²) in [5.41, 5.74) is 3.52. The maximum atomic E-state index is 13.5. The number of benzene rings is 2. The van der Waals surface area contributed by atoms with E-state index in [1.54, 1.807) is 36.7 Å². The zero-order chi connectivity index (χ0) is 21.9. The molecule has 2 aromatic carbocycles. The lowest BCUT2D eigenvalue weighted by Gasteiger charge is -2.31. The maximum Gasteiger partial charge on any atom is 0.228 e. The molecule has 7 heteroatoms. The van der Waals surface area contributed by atoms with E-state index in [0.717, 1.165) is 47.6 Å². The van der Waals surface area contributed by atoms with Crippen molar-refractivity contribution < 1.29 is 9.18 Å². The van der Waals surface area contributed by atoms with Gasteiger partial charge in [-0.15, -0.1) is 0 Å². The molecule has 0 aliphatic carbocycles. The van der Waals surface area contributed by atoms with E-state index in [-0.39, 0.29) is 17.6 Å². The molecule has 2 aromatic heterocycles. The van der Waals surface area contributed by atoms with Crippen LogP contribution in [0.4, 0.5) is 10.1 Å². The fraction of sp³-hybridized carbons (Fsp3) is 0.240. The summed E-state index contributed by atoms with van der Waals surface area (Å²) in [5.74, 6) is 0.570. The Bertz CT molecular complexity index is 1220. The van der Waals surface area contributed by atoms with Crippen molar-refractivity contribution >= 4 is 22.6 Å². The van der Waals surface area contributed by atoms with Gasteiger partial charge >= 0.3 is 0 Å². The lowest BCUT2D eigenvalue weighted by atomic mass is 9.97. The number of likely N-dealkylation sites (tertiary alicyclic amines) is 1. The monoisotopic (exact) mass is 429 g/mol. The van der Waals surface area contributed by atoms with Crippen molar-refractivity contribution in [1.82, 2.24) is 19.4 Å². The second-order valence-corrected chi connectivity index (χ2v) is 8.13. The van der Waals surface area contributed by atoms with Crippen molar-refractivity contribution in [3.8, 4) is 5.69 Å². The number of carbonyl (C=O) groups is 1. The number of nitrogens with one attached hydrogen (secondary N) is 1. The van der Waals surface area contributed by atoms with Crippen LogP contribution in [0, 0.1) is 11.7 Å². The SMILES string of the molecule is O=C(Nc1ccncc1)[C@@H]1CCCN(Cc2nc3ccccc3n2-c2ccc(F)cc2)C1. The van der Waals surface area contributed by atoms with E-state index in [1.165, 1.54) is 12.1 Å². The summed E-state index contributed by atoms with van der Waals surface area (Å²) >= 11 is 0. The topological polar surface area (TPSA) is 63.1 Å². The van der Waals surface area contributed by atoms with Crippen LogP contribution in [0.2, 0.25) is 0 Å². The highest BCUT2D eigenvalue weighted by Gasteiger charge is 2.27. The minimum atomic E-state index is -0.265. The average Bonchev–Trinajstić information content (AvgIpc) is 3.18. The maximum absolute atomic E-state index is 13.5. The molecule has 1 amide bonds. The molecule has 162 valence electrons. The van der Waals surface area contributed by atoms with Crippen LogP contribution in [0.15, 0.2) is 73.1 Å². The standard InChI is InChI=1S/C25H24FN5O/c26-19-7-9-21(10-8-19)31-23-6-2-1-5-22(23)29-24(31)17-30-15-3-4-18(16-30)25(32)28-20-11-13-27-14-12-20/h1-2,5-14,18H,3-4,15-17H2,(H,27,28,32)/t18-/m1/s1. The molecule has 3 heterocycles. The van der Waals surface area contributed by atoms with Gasteiger partial charge in [-0.3, -0.25) is 19.2 Å². The Kier molecular flexibility index (Phi) is 5.64. The van der Waals surface area contributed by atoms with Crippen LogP contribution in [-0.2, 0) is 11.3 Å². The predicted molar refractivity (Wildman–Crippen MR) is 122 cm³/mol. The number of anilines is 1. The summed E-state index contributed by atoms with van der Waals surface area (Å²) < 4.78 is 15.6. The summed E-state index contributed by atoms with van der Waals surface area (Å²) in [5, 5.41) is 3.00. The summed E-state index contributed by atoms with van der Waals surface area (Å²) in [6, 6.07) is 18.0. The molecule has 32 heavy (non-hydrogen) atoms. The van der Waals surface area contributed by atoms with Crippen molar-refractivity contribution in [3.05, 3.63) is 84.7 Å². The number of halogens is 1. The Morgan fingerprint density at radius 3 is 2.66 bits per heavy atom. The Balaban J connectivity index is 1.37. The number of pyridine rings is 1. The number of para-hydroxylation sites is 2. The van der Waals surface area contributed by atoms with Crippen LogP contribution < -0.4 is 5.32 Å². The summed E-state index contributed by atoms with van der Waals surface area (Å²) in [6.07, 6.45) is 5.15. The van der Waals surface area contributed by atoms with Crippen LogP contribution in [0.25, 0.3) is 16.7 Å². The van der Waals surface area contributed by atoms with E-state index in [1.807, 2.05) is 24.3 Å². The number of nitrogens with zero attached hydrogens (tertiary/aromatic N) is 4. The Morgan fingerprint density at radius 1 is 1.06 bits per heavy atom. The molecule has 1 aliphatic rings. The summed E-state index contributed by atoms with van der Waals surface area (Å²) in [4.78, 5) is 23.9. The van der Waals surface area contributed by atoms with E-state index in [9.17, 15) is 9.18 Å². The number of aromatic nitrogens is 3. The van der Waals surface area contributed by atoms with Gasteiger partial charge in [0.05, 0.1) is 23.5 Å². The van der Waals surface area contributed by atoms with Crippen LogP contribution in [0.1, 0.15) is 18.7 Å². The van der Waals surface area contributed by atoms with E-state index in [2.05, 4.69) is 19.8 Å². The molecule has 1 atom stereocenters. The van der Waals surface area contributed by atoms with Crippen LogP contribution in [0.3, 0.4) is 0 Å². The van der Waals surface area contributed by atoms with Crippen molar-refractivity contribution in [2.45, 2.75) is 19.4 Å². The van der Waals surface area contributed by atoms with Crippen LogP contribution in [0.5, 0.6) is 0 Å². The third kappa shape index (κ3) is 4.24. The first kappa shape index (κ1) is 20.3. The molecule has 1 N–H and O–H groups in total. The zero-order valence-corrected chi connectivity index (χ0v) is 17.6. The molecular weight excluding hydrogens is 405 g/mol. The van der Waals surface area contributed by atoms with E-state index in [0.29, 0.717) is 13.1 Å². The van der Waals surface area contributed by atoms with Gasteiger partial charge in [0.1, 0.15) is 11.6 Å². The summed E-state index contributed by atoms with van der Waals surface area (Å²) in [6.45, 7) is 2.19. The molecule has 0 bridgehead atoms. The van der Waals surface area contributed by atoms with Crippen LogP contribution in [-0.4, -0.2) is 38.4 Å². The lowest BCUT2D eigenvalue weighted by Crippen LogP contribution is -2.40. The minimum absolute atomic E-state index is 0.0351. The number of amides is 1. The molecule has 0 unspecified atom stereocenters. The highest BCUT2D eigenvalue weighted by atomic mass is 19.1. The summed E-state index contributed by atoms with van der Waals surface area (Å²) in [7, 11) is 0. The quantitative estimate of drug-likeness (QED) is 0.510. The second-order valence-electron chi connectivity index (χ2n) is 8.13. The van der Waals surface area contributed by atoms with Gasteiger partial charge in [-0.2, -0.15) is 0 Å². The average molecular weight is 429 g/mol. The Morgan fingerprint density at radius 2 is 1.84 bits per heavy atom. The predicted octanol–water partition coefficient (Wildman–Crippen LogP) is 4.41. The first-order valence-electron chi connectivity index (χ1n) is 10.8. The molecule has 0 radical (unpaired) electrons. The molecule has 1 saturated heterocycles. The van der Waals surface area contributed by atoms with Gasteiger partial charge in [-0.1, -0.05) is 12.1 Å². The van der Waals surface area contributed by atoms with Gasteiger partial charge in [-0.05, 0) is 67.9 Å². The normalized spacial score (nSPS) is 16.8. The lowest BCUT2D eigenvalue weighted by molar-refractivity contribution is -0.121. The molecular formula is C25H24FN5O. The Hall–Kier alpha value is -3.58. The first-order valence-corrected chi connectivity index (χ1v) is 10.8. The van der Waals surface area contributed by atoms with Crippen molar-refractivity contribution in [1.29, 1.82) is 0 Å². The zero-order valence-electron chi connectivity index (χ0n) is 17.6. The smallest absolute Gasteiger partial charge is 0.228 e. The highest BCUT2D eigenvalue weighted by Crippen LogP contribution is 2.25. The van der Waals surface area contributed by atoms with Crippen molar-refractivity contribution in [2.75, 3.05) is 18.4 Å². The second kappa shape index (κ2) is 8.88. The Labute approximate surface area is 185 Å². The highest BCUT2D eigenvalue weighted by molar-refractivity contribution is 5.92. The van der Waals surface area contributed by atoms with Gasteiger partial charge in [0.25, 0.3) is 0 Å². The molecule has 5 rings (SSSR count). The van der Waals surface area contributed by atoms with Gasteiger partial charge in [0.2, 0.25) is 5.91 Å². The molecule has 1 aliphatic heterocycles. The first-order chi connectivity index (χ1) is 15.7. The van der Waals surface area contributed by atoms with E-state index >= 15 is 0 Å². The largest absolute Gasteiger partial charge is 0.326 e. The van der Waals surface area contributed by atoms with Crippen LogP contribution >= 0.6 is 0 Å². The number of hydrogen-bond acceptors (Lipinski definition) is 4. The van der Waals surface area contributed by atoms with E-state index < -0.39 is 0 Å². The van der Waals surface area contributed by atoms with Gasteiger partial charge in [0.15, 0.2) is 0 Å².